The van der Waals surface area contributed by atoms with Crippen LogP contribution in [0, 0.1) is 0 Å². The number of hydrogen-bond donors (Lipinski definition) is 2. The van der Waals surface area contributed by atoms with E-state index < -0.39 is 10.0 Å². The van der Waals surface area contributed by atoms with Gasteiger partial charge in [-0.25, -0.2) is 18.4 Å². The zero-order valence-electron chi connectivity index (χ0n) is 20.7. The summed E-state index contributed by atoms with van der Waals surface area (Å²) < 4.78 is 28.0. The summed E-state index contributed by atoms with van der Waals surface area (Å²) >= 11 is 6.12. The molecule has 1 unspecified atom stereocenters. The first-order valence-electron chi connectivity index (χ1n) is 12.4. The maximum Gasteiger partial charge on any atom is 0.243 e. The van der Waals surface area contributed by atoms with Crippen LogP contribution >= 0.6 is 11.6 Å². The molecule has 3 aromatic rings. The highest BCUT2D eigenvalue weighted by Gasteiger charge is 2.34. The Morgan fingerprint density at radius 3 is 2.65 bits per heavy atom. The van der Waals surface area contributed by atoms with Crippen LogP contribution in [0.25, 0.3) is 11.3 Å². The van der Waals surface area contributed by atoms with Crippen molar-refractivity contribution in [3.8, 4) is 11.3 Å². The molecule has 3 heterocycles. The van der Waals surface area contributed by atoms with Gasteiger partial charge in [0.2, 0.25) is 21.9 Å². The number of hydrogen-bond acceptors (Lipinski definition) is 7. The third-order valence-corrected chi connectivity index (χ3v) is 9.04. The molecule has 1 atom stereocenters. The highest BCUT2D eigenvalue weighted by Crippen LogP contribution is 2.35. The van der Waals surface area contributed by atoms with E-state index in [9.17, 15) is 13.2 Å². The Morgan fingerprint density at radius 1 is 1.16 bits per heavy atom. The maximum atomic E-state index is 13.2. The standard InChI is InChI=1S/C26H29ClN6O3S/c1-3-32(4-2)20-11-12-33(16-20)37(35,36)21-8-6-19(7-9-21)29-26-28-15-17-13-24(34)30-23-14-18(27)5-10-22(23)25(17)31-26/h5-10,14-15,20H,3-4,11-13,16H2,1-2H3,(H,30,34)(H,28,29,31). The molecule has 0 aliphatic carbocycles. The number of nitrogens with one attached hydrogen (secondary N) is 2. The molecule has 1 fully saturated rings. The van der Waals surface area contributed by atoms with Gasteiger partial charge in [0.05, 0.1) is 22.7 Å². The Morgan fingerprint density at radius 2 is 1.92 bits per heavy atom. The zero-order chi connectivity index (χ0) is 26.2. The quantitative estimate of drug-likeness (QED) is 0.463. The van der Waals surface area contributed by atoms with Crippen LogP contribution in [-0.4, -0.2) is 65.7 Å². The number of sulfonamides is 1. The lowest BCUT2D eigenvalue weighted by Crippen LogP contribution is -2.38. The Labute approximate surface area is 221 Å². The molecule has 2 aromatic carbocycles. The van der Waals surface area contributed by atoms with Crippen LogP contribution in [0.1, 0.15) is 25.8 Å². The normalized spacial score (nSPS) is 17.7. The van der Waals surface area contributed by atoms with Crippen LogP contribution in [0.3, 0.4) is 0 Å². The van der Waals surface area contributed by atoms with Crippen LogP contribution in [-0.2, 0) is 21.2 Å². The van der Waals surface area contributed by atoms with Crippen LogP contribution in [0.15, 0.2) is 53.6 Å². The van der Waals surface area contributed by atoms with Gasteiger partial charge in [-0.15, -0.1) is 0 Å². The molecule has 2 aliphatic rings. The lowest BCUT2D eigenvalue weighted by Gasteiger charge is -2.26. The van der Waals surface area contributed by atoms with E-state index in [1.54, 1.807) is 46.9 Å². The highest BCUT2D eigenvalue weighted by molar-refractivity contribution is 7.89. The fourth-order valence-electron chi connectivity index (χ4n) is 4.98. The molecule has 9 nitrogen and oxygen atoms in total. The van der Waals surface area contributed by atoms with Crippen molar-refractivity contribution >= 4 is 44.9 Å². The Balaban J connectivity index is 1.35. The molecular formula is C26H29ClN6O3S. The van der Waals surface area contributed by atoms with Gasteiger partial charge < -0.3 is 10.6 Å². The molecule has 37 heavy (non-hydrogen) atoms. The van der Waals surface area contributed by atoms with E-state index in [0.717, 1.165) is 25.1 Å². The molecule has 194 valence electrons. The topological polar surface area (TPSA) is 108 Å². The van der Waals surface area contributed by atoms with E-state index >= 15 is 0 Å². The van der Waals surface area contributed by atoms with E-state index in [2.05, 4.69) is 39.3 Å². The van der Waals surface area contributed by atoms with Gasteiger partial charge in [0.15, 0.2) is 0 Å². The van der Waals surface area contributed by atoms with Gasteiger partial charge in [-0.1, -0.05) is 25.4 Å². The smallest absolute Gasteiger partial charge is 0.243 e. The number of rotatable bonds is 7. The van der Waals surface area contributed by atoms with Crippen molar-refractivity contribution in [1.82, 2.24) is 19.2 Å². The molecule has 1 amide bonds. The molecule has 1 saturated heterocycles. The fraction of sp³-hybridized carbons (Fsp3) is 0.346. The van der Waals surface area contributed by atoms with Gasteiger partial charge in [-0.3, -0.25) is 9.69 Å². The van der Waals surface area contributed by atoms with Crippen molar-refractivity contribution in [2.75, 3.05) is 36.8 Å². The van der Waals surface area contributed by atoms with Crippen LogP contribution in [0.2, 0.25) is 5.02 Å². The average molecular weight is 541 g/mol. The number of nitrogens with zero attached hydrogens (tertiary/aromatic N) is 4. The minimum absolute atomic E-state index is 0.153. The number of anilines is 3. The largest absolute Gasteiger partial charge is 0.325 e. The molecule has 2 N–H and O–H groups in total. The number of amides is 1. The number of carbonyl (C=O) groups excluding carboxylic acids is 1. The summed E-state index contributed by atoms with van der Waals surface area (Å²) in [5, 5.41) is 6.52. The summed E-state index contributed by atoms with van der Waals surface area (Å²) in [6.07, 6.45) is 2.62. The lowest BCUT2D eigenvalue weighted by atomic mass is 10.1. The second kappa shape index (κ2) is 10.4. The molecule has 1 aromatic heterocycles. The fourth-order valence-corrected chi connectivity index (χ4v) is 6.64. The summed E-state index contributed by atoms with van der Waals surface area (Å²) in [6.45, 7) is 7.06. The molecule has 0 saturated carbocycles. The van der Waals surface area contributed by atoms with Crippen molar-refractivity contribution in [3.05, 3.63) is 59.2 Å². The van der Waals surface area contributed by atoms with Crippen molar-refractivity contribution in [2.45, 2.75) is 37.6 Å². The van der Waals surface area contributed by atoms with E-state index in [4.69, 9.17) is 11.6 Å². The SMILES string of the molecule is CCN(CC)C1CCN(S(=O)(=O)c2ccc(Nc3ncc4c(n3)-c3ccc(Cl)cc3NC(=O)C4)cc2)C1. The van der Waals surface area contributed by atoms with Crippen LogP contribution < -0.4 is 10.6 Å². The first-order chi connectivity index (χ1) is 17.8. The summed E-state index contributed by atoms with van der Waals surface area (Å²) in [5.74, 6) is 0.177. The summed E-state index contributed by atoms with van der Waals surface area (Å²) in [4.78, 5) is 23.9. The van der Waals surface area contributed by atoms with E-state index in [1.165, 1.54) is 0 Å². The molecule has 0 spiro atoms. The first kappa shape index (κ1) is 25.6. The number of benzene rings is 2. The monoisotopic (exact) mass is 540 g/mol. The van der Waals surface area contributed by atoms with Gasteiger partial charge in [-0.2, -0.15) is 4.31 Å². The van der Waals surface area contributed by atoms with Gasteiger partial charge in [0.1, 0.15) is 0 Å². The van der Waals surface area contributed by atoms with Gasteiger partial charge in [-0.05, 0) is 62.0 Å². The van der Waals surface area contributed by atoms with Gasteiger partial charge in [0, 0.05) is 47.2 Å². The molecule has 0 bridgehead atoms. The van der Waals surface area contributed by atoms with E-state index in [1.807, 2.05) is 6.07 Å². The van der Waals surface area contributed by atoms with Crippen molar-refractivity contribution in [2.24, 2.45) is 0 Å². The van der Waals surface area contributed by atoms with E-state index in [0.29, 0.717) is 46.7 Å². The minimum atomic E-state index is -3.57. The number of fused-ring (bicyclic) bond motifs is 3. The molecular weight excluding hydrogens is 512 g/mol. The number of likely N-dealkylation sites (N-methyl/N-ethyl adjacent to an activating group) is 1. The van der Waals surface area contributed by atoms with Gasteiger partial charge in [0.25, 0.3) is 0 Å². The molecule has 5 rings (SSSR count). The number of aromatic nitrogens is 2. The van der Waals surface area contributed by atoms with Crippen molar-refractivity contribution in [3.63, 3.8) is 0 Å². The predicted octanol–water partition coefficient (Wildman–Crippen LogP) is 4.14. The Kier molecular flexibility index (Phi) is 7.17. The Hall–Kier alpha value is -3.05. The first-order valence-corrected chi connectivity index (χ1v) is 14.2. The van der Waals surface area contributed by atoms with Crippen LogP contribution in [0.4, 0.5) is 17.3 Å². The third kappa shape index (κ3) is 5.19. The lowest BCUT2D eigenvalue weighted by molar-refractivity contribution is -0.115. The summed E-state index contributed by atoms with van der Waals surface area (Å²) in [5.41, 5.74) is 3.35. The van der Waals surface area contributed by atoms with Crippen molar-refractivity contribution < 1.29 is 13.2 Å². The maximum absolute atomic E-state index is 13.2. The van der Waals surface area contributed by atoms with Crippen LogP contribution in [0.5, 0.6) is 0 Å². The number of carbonyl (C=O) groups is 1. The predicted molar refractivity (Wildman–Crippen MR) is 145 cm³/mol. The minimum Gasteiger partial charge on any atom is -0.325 e. The number of halogens is 1. The highest BCUT2D eigenvalue weighted by atomic mass is 35.5. The average Bonchev–Trinajstić information content (AvgIpc) is 3.32. The second-order valence-corrected chi connectivity index (χ2v) is 11.5. The molecule has 11 heteroatoms. The second-order valence-electron chi connectivity index (χ2n) is 9.16. The molecule has 0 radical (unpaired) electrons. The van der Waals surface area contributed by atoms with E-state index in [-0.39, 0.29) is 23.3 Å². The van der Waals surface area contributed by atoms with Crippen molar-refractivity contribution in [1.29, 1.82) is 0 Å². The summed E-state index contributed by atoms with van der Waals surface area (Å²) in [7, 11) is -3.57. The molecule has 2 aliphatic heterocycles. The third-order valence-electron chi connectivity index (χ3n) is 6.93. The zero-order valence-corrected chi connectivity index (χ0v) is 22.3. The van der Waals surface area contributed by atoms with Gasteiger partial charge >= 0.3 is 0 Å². The Bertz CT molecular complexity index is 1430. The summed E-state index contributed by atoms with van der Waals surface area (Å²) in [6, 6.07) is 12.1.